The van der Waals surface area contributed by atoms with Crippen molar-refractivity contribution in [2.24, 2.45) is 10.9 Å². The number of carbonyl (C=O) groups is 1. The molecule has 0 aromatic heterocycles. The van der Waals surface area contributed by atoms with Crippen LogP contribution in [0.1, 0.15) is 51.0 Å². The summed E-state index contributed by atoms with van der Waals surface area (Å²) in [7, 11) is 0. The number of guanidine groups is 1. The highest BCUT2D eigenvalue weighted by atomic mass is 19.3. The highest BCUT2D eigenvalue weighted by molar-refractivity contribution is 5.81. The van der Waals surface area contributed by atoms with Gasteiger partial charge in [0.2, 0.25) is 5.91 Å². The Labute approximate surface area is 174 Å². The molecule has 6 nitrogen and oxygen atoms in total. The molecule has 2 fully saturated rings. The van der Waals surface area contributed by atoms with Gasteiger partial charge in [-0.1, -0.05) is 12.5 Å². The number of benzene rings is 1. The summed E-state index contributed by atoms with van der Waals surface area (Å²) in [5, 5.41) is 9.47. The number of ether oxygens (including phenoxy) is 1. The van der Waals surface area contributed by atoms with Crippen LogP contribution in [-0.4, -0.2) is 37.1 Å². The molecule has 2 aliphatic carbocycles. The Morgan fingerprint density at radius 2 is 2.00 bits per heavy atom. The second kappa shape index (κ2) is 10.5. The first-order chi connectivity index (χ1) is 14.5. The van der Waals surface area contributed by atoms with E-state index in [1.54, 1.807) is 0 Å². The molecular formula is C21H29F3N4O2. The average Bonchev–Trinajstić information content (AvgIpc) is 3.51. The Hall–Kier alpha value is -2.45. The molecular weight excluding hydrogens is 397 g/mol. The lowest BCUT2D eigenvalue weighted by Crippen LogP contribution is -2.47. The Bertz CT molecular complexity index is 756. The van der Waals surface area contributed by atoms with E-state index in [2.05, 4.69) is 25.7 Å². The van der Waals surface area contributed by atoms with Crippen molar-refractivity contribution in [3.63, 3.8) is 0 Å². The van der Waals surface area contributed by atoms with Crippen molar-refractivity contribution in [1.82, 2.24) is 16.0 Å². The van der Waals surface area contributed by atoms with Crippen molar-refractivity contribution in [2.45, 2.75) is 70.7 Å². The number of rotatable bonds is 8. The fourth-order valence-corrected chi connectivity index (χ4v) is 3.68. The van der Waals surface area contributed by atoms with Crippen LogP contribution in [0.2, 0.25) is 0 Å². The molecule has 1 amide bonds. The highest BCUT2D eigenvalue weighted by Gasteiger charge is 2.31. The van der Waals surface area contributed by atoms with E-state index in [-0.39, 0.29) is 35.7 Å². The zero-order valence-electron chi connectivity index (χ0n) is 17.1. The van der Waals surface area contributed by atoms with E-state index in [4.69, 9.17) is 0 Å². The van der Waals surface area contributed by atoms with Crippen molar-refractivity contribution >= 4 is 11.9 Å². The Morgan fingerprint density at radius 3 is 2.70 bits per heavy atom. The van der Waals surface area contributed by atoms with Crippen LogP contribution in [0.15, 0.2) is 23.2 Å². The van der Waals surface area contributed by atoms with Gasteiger partial charge in [0.1, 0.15) is 11.6 Å². The summed E-state index contributed by atoms with van der Waals surface area (Å²) in [5.41, 5.74) is -0.0275. The third kappa shape index (κ3) is 6.53. The number of alkyl halides is 2. The van der Waals surface area contributed by atoms with E-state index in [0.717, 1.165) is 32.1 Å². The summed E-state index contributed by atoms with van der Waals surface area (Å²) in [6.07, 6.45) is 5.52. The van der Waals surface area contributed by atoms with Gasteiger partial charge in [0, 0.05) is 24.5 Å². The molecule has 0 bridgehead atoms. The van der Waals surface area contributed by atoms with E-state index >= 15 is 0 Å². The van der Waals surface area contributed by atoms with Gasteiger partial charge in [-0.25, -0.2) is 9.38 Å². The maximum absolute atomic E-state index is 14.2. The SMILES string of the molecule is CCNC(=NCc1c(F)cccc1OC(F)F)NC1CCCC(C(=O)NC2CC2)C1. The van der Waals surface area contributed by atoms with Crippen LogP contribution >= 0.6 is 0 Å². The predicted molar refractivity (Wildman–Crippen MR) is 108 cm³/mol. The van der Waals surface area contributed by atoms with Crippen molar-refractivity contribution < 1.29 is 22.7 Å². The fraction of sp³-hybridized carbons (Fsp3) is 0.619. The lowest BCUT2D eigenvalue weighted by atomic mass is 9.85. The Morgan fingerprint density at radius 1 is 1.20 bits per heavy atom. The zero-order chi connectivity index (χ0) is 21.5. The van der Waals surface area contributed by atoms with E-state index in [1.807, 2.05) is 6.92 Å². The van der Waals surface area contributed by atoms with Crippen molar-refractivity contribution in [1.29, 1.82) is 0 Å². The number of hydrogen-bond acceptors (Lipinski definition) is 3. The van der Waals surface area contributed by atoms with E-state index < -0.39 is 12.4 Å². The van der Waals surface area contributed by atoms with Crippen LogP contribution < -0.4 is 20.7 Å². The molecule has 0 aliphatic heterocycles. The van der Waals surface area contributed by atoms with Crippen molar-refractivity contribution in [3.8, 4) is 5.75 Å². The van der Waals surface area contributed by atoms with Crippen LogP contribution in [-0.2, 0) is 11.3 Å². The van der Waals surface area contributed by atoms with Gasteiger partial charge in [0.15, 0.2) is 5.96 Å². The molecule has 3 rings (SSSR count). The molecule has 2 unspecified atom stereocenters. The minimum absolute atomic E-state index is 0.0275. The molecule has 30 heavy (non-hydrogen) atoms. The van der Waals surface area contributed by atoms with E-state index in [9.17, 15) is 18.0 Å². The number of carbonyl (C=O) groups excluding carboxylic acids is 1. The summed E-state index contributed by atoms with van der Waals surface area (Å²) in [6, 6.07) is 4.20. The van der Waals surface area contributed by atoms with Gasteiger partial charge in [-0.15, -0.1) is 0 Å². The molecule has 166 valence electrons. The third-order valence-corrected chi connectivity index (χ3v) is 5.34. The number of nitrogens with zero attached hydrogens (tertiary/aromatic N) is 1. The summed E-state index contributed by atoms with van der Waals surface area (Å²) in [5.74, 6) is -0.332. The largest absolute Gasteiger partial charge is 0.434 e. The maximum atomic E-state index is 14.2. The minimum Gasteiger partial charge on any atom is -0.434 e. The summed E-state index contributed by atoms with van der Waals surface area (Å²) < 4.78 is 43.8. The normalized spacial score (nSPS) is 22.0. The van der Waals surface area contributed by atoms with E-state index in [0.29, 0.717) is 25.0 Å². The summed E-state index contributed by atoms with van der Waals surface area (Å²) in [6.45, 7) is -0.704. The zero-order valence-corrected chi connectivity index (χ0v) is 17.1. The lowest BCUT2D eigenvalue weighted by molar-refractivity contribution is -0.126. The van der Waals surface area contributed by atoms with Gasteiger partial charge in [-0.2, -0.15) is 8.78 Å². The Kier molecular flexibility index (Phi) is 7.81. The average molecular weight is 426 g/mol. The molecule has 2 aliphatic rings. The molecule has 0 saturated heterocycles. The van der Waals surface area contributed by atoms with Gasteiger partial charge >= 0.3 is 6.61 Å². The van der Waals surface area contributed by atoms with Crippen molar-refractivity contribution in [2.75, 3.05) is 6.54 Å². The number of hydrogen-bond donors (Lipinski definition) is 3. The van der Waals surface area contributed by atoms with E-state index in [1.165, 1.54) is 18.2 Å². The summed E-state index contributed by atoms with van der Waals surface area (Å²) in [4.78, 5) is 16.7. The van der Waals surface area contributed by atoms with Crippen LogP contribution in [0, 0.1) is 11.7 Å². The number of amides is 1. The van der Waals surface area contributed by atoms with Crippen LogP contribution in [0.5, 0.6) is 5.75 Å². The molecule has 9 heteroatoms. The lowest BCUT2D eigenvalue weighted by Gasteiger charge is -2.30. The quantitative estimate of drug-likeness (QED) is 0.440. The predicted octanol–water partition coefficient (Wildman–Crippen LogP) is 3.32. The first-order valence-electron chi connectivity index (χ1n) is 10.5. The molecule has 0 heterocycles. The standard InChI is InChI=1S/C21H29F3N4O2/c1-2-25-21(26-12-16-17(22)7-4-8-18(16)30-20(23)24)28-15-6-3-5-13(11-15)19(29)27-14-9-10-14/h4,7-8,13-15,20H,2-3,5-6,9-12H2,1H3,(H,27,29)(H2,25,26,28). The van der Waals surface area contributed by atoms with Gasteiger partial charge < -0.3 is 20.7 Å². The first-order valence-corrected chi connectivity index (χ1v) is 10.5. The molecule has 0 radical (unpaired) electrons. The molecule has 3 N–H and O–H groups in total. The molecule has 1 aromatic carbocycles. The molecule has 2 atom stereocenters. The van der Waals surface area contributed by atoms with Crippen LogP contribution in [0.4, 0.5) is 13.2 Å². The molecule has 1 aromatic rings. The smallest absolute Gasteiger partial charge is 0.387 e. The summed E-state index contributed by atoms with van der Waals surface area (Å²) >= 11 is 0. The topological polar surface area (TPSA) is 74.8 Å². The van der Waals surface area contributed by atoms with Crippen LogP contribution in [0.25, 0.3) is 0 Å². The monoisotopic (exact) mass is 426 g/mol. The number of halogens is 3. The van der Waals surface area contributed by atoms with Crippen molar-refractivity contribution in [3.05, 3.63) is 29.6 Å². The van der Waals surface area contributed by atoms with Crippen LogP contribution in [0.3, 0.4) is 0 Å². The second-order valence-corrected chi connectivity index (χ2v) is 7.78. The molecule has 0 spiro atoms. The number of nitrogens with one attached hydrogen (secondary N) is 3. The van der Waals surface area contributed by atoms with Gasteiger partial charge in [-0.3, -0.25) is 4.79 Å². The highest BCUT2D eigenvalue weighted by Crippen LogP contribution is 2.27. The third-order valence-electron chi connectivity index (χ3n) is 5.34. The minimum atomic E-state index is -3.04. The molecule has 2 saturated carbocycles. The maximum Gasteiger partial charge on any atom is 0.387 e. The fourth-order valence-electron chi connectivity index (χ4n) is 3.68. The first kappa shape index (κ1) is 22.2. The number of aliphatic imine (C=N–C) groups is 1. The van der Waals surface area contributed by atoms with Gasteiger partial charge in [0.25, 0.3) is 0 Å². The Balaban J connectivity index is 1.64. The van der Waals surface area contributed by atoms with Gasteiger partial charge in [-0.05, 0) is 51.2 Å². The second-order valence-electron chi connectivity index (χ2n) is 7.78. The van der Waals surface area contributed by atoms with Gasteiger partial charge in [0.05, 0.1) is 12.1 Å².